The third-order valence-corrected chi connectivity index (χ3v) is 5.25. The first-order valence-electron chi connectivity index (χ1n) is 11.7. The molecule has 0 bridgehead atoms. The topological polar surface area (TPSA) is 152 Å². The Hall–Kier alpha value is -4.64. The Balaban J connectivity index is 1.47. The van der Waals surface area contributed by atoms with Crippen molar-refractivity contribution in [3.8, 4) is 11.5 Å². The first kappa shape index (κ1) is 26.4. The number of ether oxygens (including phenoxy) is 4. The minimum Gasteiger partial charge on any atom is -0.490 e. The van der Waals surface area contributed by atoms with E-state index in [2.05, 4.69) is 0 Å². The van der Waals surface area contributed by atoms with Crippen LogP contribution in [0, 0.1) is 0 Å². The molecule has 198 valence electrons. The maximum absolute atomic E-state index is 12.6. The van der Waals surface area contributed by atoms with Crippen molar-refractivity contribution in [3.63, 3.8) is 0 Å². The van der Waals surface area contributed by atoms with E-state index in [9.17, 15) is 24.3 Å². The SMILES string of the molecule is CCOC(=O)c1cc(=O)c2c(OCC(O)COc3cccc4oc(C(=O)OCC)cc(=O)c34)cccc2o1. The second kappa shape index (κ2) is 11.6. The van der Waals surface area contributed by atoms with Crippen LogP contribution in [0.1, 0.15) is 35.0 Å². The molecule has 4 rings (SSSR count). The predicted octanol–water partition coefficient (Wildman–Crippen LogP) is 3.07. The molecule has 0 amide bonds. The molecule has 11 heteroatoms. The Labute approximate surface area is 215 Å². The van der Waals surface area contributed by atoms with Gasteiger partial charge in [-0.25, -0.2) is 9.59 Å². The van der Waals surface area contributed by atoms with Gasteiger partial charge in [-0.05, 0) is 38.1 Å². The van der Waals surface area contributed by atoms with Gasteiger partial charge in [0, 0.05) is 12.1 Å². The van der Waals surface area contributed by atoms with E-state index >= 15 is 0 Å². The van der Waals surface area contributed by atoms with E-state index in [1.54, 1.807) is 26.0 Å². The molecule has 0 unspecified atom stereocenters. The van der Waals surface area contributed by atoms with Crippen molar-refractivity contribution in [1.82, 2.24) is 0 Å². The molecule has 0 spiro atoms. The average molecular weight is 524 g/mol. The second-order valence-electron chi connectivity index (χ2n) is 7.93. The summed E-state index contributed by atoms with van der Waals surface area (Å²) < 4.78 is 32.0. The minimum atomic E-state index is -1.16. The fourth-order valence-electron chi connectivity index (χ4n) is 3.62. The van der Waals surface area contributed by atoms with Crippen LogP contribution >= 0.6 is 0 Å². The lowest BCUT2D eigenvalue weighted by Crippen LogP contribution is -2.25. The zero-order valence-electron chi connectivity index (χ0n) is 20.6. The molecular weight excluding hydrogens is 500 g/mol. The average Bonchev–Trinajstić information content (AvgIpc) is 2.90. The summed E-state index contributed by atoms with van der Waals surface area (Å²) in [6.07, 6.45) is -1.16. The lowest BCUT2D eigenvalue weighted by molar-refractivity contribution is 0.0482. The fraction of sp³-hybridized carbons (Fsp3) is 0.259. The molecule has 4 aromatic rings. The molecule has 2 aromatic carbocycles. The Morgan fingerprint density at radius 1 is 0.763 bits per heavy atom. The Morgan fingerprint density at radius 2 is 1.18 bits per heavy atom. The lowest BCUT2D eigenvalue weighted by atomic mass is 10.2. The molecule has 2 aromatic heterocycles. The van der Waals surface area contributed by atoms with Gasteiger partial charge in [0.05, 0.1) is 13.2 Å². The molecule has 0 atom stereocenters. The summed E-state index contributed by atoms with van der Waals surface area (Å²) in [4.78, 5) is 49.1. The van der Waals surface area contributed by atoms with Crippen molar-refractivity contribution in [2.24, 2.45) is 0 Å². The van der Waals surface area contributed by atoms with Crippen LogP contribution in [0.3, 0.4) is 0 Å². The highest BCUT2D eigenvalue weighted by molar-refractivity contribution is 5.91. The minimum absolute atomic E-state index is 0.0951. The van der Waals surface area contributed by atoms with Gasteiger partial charge in [-0.15, -0.1) is 0 Å². The monoisotopic (exact) mass is 524 g/mol. The standard InChI is InChI=1S/C27H24O11/c1-3-33-26(31)22-11-16(29)24-18(7-5-9-20(24)37-22)35-13-15(28)14-36-19-8-6-10-21-25(19)17(30)12-23(38-21)27(32)34-4-2/h5-12,15,28H,3-4,13-14H2,1-2H3. The number of carbonyl (C=O) groups excluding carboxylic acids is 2. The summed E-state index contributed by atoms with van der Waals surface area (Å²) in [6.45, 7) is 3.00. The van der Waals surface area contributed by atoms with E-state index in [0.29, 0.717) is 0 Å². The van der Waals surface area contributed by atoms with Gasteiger partial charge >= 0.3 is 11.9 Å². The Bertz CT molecular complexity index is 1480. The van der Waals surface area contributed by atoms with E-state index in [1.165, 1.54) is 24.3 Å². The summed E-state index contributed by atoms with van der Waals surface area (Å²) in [5.41, 5.74) is -0.789. The quantitative estimate of drug-likeness (QED) is 0.305. The highest BCUT2D eigenvalue weighted by Crippen LogP contribution is 2.25. The molecule has 38 heavy (non-hydrogen) atoms. The maximum Gasteiger partial charge on any atom is 0.374 e. The highest BCUT2D eigenvalue weighted by atomic mass is 16.6. The van der Waals surface area contributed by atoms with E-state index in [4.69, 9.17) is 27.8 Å². The van der Waals surface area contributed by atoms with Crippen molar-refractivity contribution in [3.05, 3.63) is 80.5 Å². The van der Waals surface area contributed by atoms with Crippen molar-refractivity contribution in [2.45, 2.75) is 20.0 Å². The van der Waals surface area contributed by atoms with Gasteiger partial charge in [0.2, 0.25) is 11.5 Å². The molecule has 1 N–H and O–H groups in total. The Morgan fingerprint density at radius 3 is 1.58 bits per heavy atom. The Kier molecular flexibility index (Phi) is 8.07. The van der Waals surface area contributed by atoms with Crippen LogP contribution in [0.2, 0.25) is 0 Å². The van der Waals surface area contributed by atoms with Crippen LogP contribution in [-0.4, -0.2) is 49.6 Å². The fourth-order valence-corrected chi connectivity index (χ4v) is 3.62. The van der Waals surface area contributed by atoms with Crippen LogP contribution in [0.25, 0.3) is 21.9 Å². The number of benzene rings is 2. The molecule has 0 saturated heterocycles. The van der Waals surface area contributed by atoms with E-state index in [-0.39, 0.29) is 71.4 Å². The van der Waals surface area contributed by atoms with Gasteiger partial charge in [-0.2, -0.15) is 0 Å². The van der Waals surface area contributed by atoms with Crippen LogP contribution in [0.4, 0.5) is 0 Å². The number of rotatable bonds is 10. The first-order valence-corrected chi connectivity index (χ1v) is 11.7. The van der Waals surface area contributed by atoms with Crippen molar-refractivity contribution >= 4 is 33.9 Å². The second-order valence-corrected chi connectivity index (χ2v) is 7.93. The molecule has 2 heterocycles. The number of esters is 2. The predicted molar refractivity (Wildman–Crippen MR) is 134 cm³/mol. The number of aliphatic hydroxyl groups excluding tert-OH is 1. The third-order valence-electron chi connectivity index (χ3n) is 5.25. The summed E-state index contributed by atoms with van der Waals surface area (Å²) in [5.74, 6) is -1.70. The summed E-state index contributed by atoms with van der Waals surface area (Å²) in [5, 5.41) is 10.6. The van der Waals surface area contributed by atoms with Gasteiger partial charge in [0.25, 0.3) is 0 Å². The molecule has 0 fully saturated rings. The molecule has 0 aliphatic heterocycles. The first-order chi connectivity index (χ1) is 18.3. The normalized spacial score (nSPS) is 11.1. The number of hydrogen-bond donors (Lipinski definition) is 1. The lowest BCUT2D eigenvalue weighted by Gasteiger charge is -2.15. The van der Waals surface area contributed by atoms with Gasteiger partial charge in [0.1, 0.15) is 52.8 Å². The highest BCUT2D eigenvalue weighted by Gasteiger charge is 2.19. The number of aliphatic hydroxyl groups is 1. The van der Waals surface area contributed by atoms with Gasteiger partial charge in [-0.1, -0.05) is 12.1 Å². The molecule has 0 saturated carbocycles. The van der Waals surface area contributed by atoms with Crippen LogP contribution in [-0.2, 0) is 9.47 Å². The number of hydrogen-bond acceptors (Lipinski definition) is 11. The smallest absolute Gasteiger partial charge is 0.374 e. The summed E-state index contributed by atoms with van der Waals surface area (Å²) in [7, 11) is 0. The van der Waals surface area contributed by atoms with E-state index < -0.39 is 28.9 Å². The number of carbonyl (C=O) groups is 2. The van der Waals surface area contributed by atoms with Crippen molar-refractivity contribution in [1.29, 1.82) is 0 Å². The van der Waals surface area contributed by atoms with Gasteiger partial charge < -0.3 is 32.9 Å². The molecule has 0 radical (unpaired) electrons. The molecular formula is C27H24O11. The maximum atomic E-state index is 12.6. The number of fused-ring (bicyclic) bond motifs is 2. The van der Waals surface area contributed by atoms with Crippen LogP contribution in [0.5, 0.6) is 11.5 Å². The van der Waals surface area contributed by atoms with Crippen molar-refractivity contribution in [2.75, 3.05) is 26.4 Å². The summed E-state index contributed by atoms with van der Waals surface area (Å²) >= 11 is 0. The van der Waals surface area contributed by atoms with Crippen LogP contribution < -0.4 is 20.3 Å². The molecule has 11 nitrogen and oxygen atoms in total. The zero-order chi connectivity index (χ0) is 27.2. The largest absolute Gasteiger partial charge is 0.490 e. The van der Waals surface area contributed by atoms with Crippen LogP contribution in [0.15, 0.2) is 67.0 Å². The molecule has 0 aliphatic rings. The zero-order valence-corrected chi connectivity index (χ0v) is 20.6. The van der Waals surface area contributed by atoms with Gasteiger partial charge in [0.15, 0.2) is 10.9 Å². The van der Waals surface area contributed by atoms with E-state index in [0.717, 1.165) is 12.1 Å². The van der Waals surface area contributed by atoms with Crippen molar-refractivity contribution < 1.29 is 42.5 Å². The third kappa shape index (κ3) is 5.68. The summed E-state index contributed by atoms with van der Waals surface area (Å²) in [6, 6.07) is 11.2. The molecule has 0 aliphatic carbocycles. The van der Waals surface area contributed by atoms with E-state index in [1.807, 2.05) is 0 Å². The van der Waals surface area contributed by atoms with Gasteiger partial charge in [-0.3, -0.25) is 9.59 Å².